The van der Waals surface area contributed by atoms with Crippen molar-refractivity contribution in [3.63, 3.8) is 0 Å². The third kappa shape index (κ3) is 3.62. The Kier molecular flexibility index (Phi) is 3.94. The summed E-state index contributed by atoms with van der Waals surface area (Å²) in [6, 6.07) is 5.57. The van der Waals surface area contributed by atoms with E-state index < -0.39 is 27.7 Å². The predicted octanol–water partition coefficient (Wildman–Crippen LogP) is 0.466. The number of rotatable bonds is 3. The molecule has 0 bridgehead atoms. The Hall–Kier alpha value is -2.39. The number of ether oxygens (including phenoxy) is 2. The van der Waals surface area contributed by atoms with Crippen molar-refractivity contribution in [3.05, 3.63) is 36.0 Å². The molecule has 0 atom stereocenters. The van der Waals surface area contributed by atoms with Gasteiger partial charge in [0.25, 0.3) is 5.79 Å². The molecule has 0 amide bonds. The average Bonchev–Trinajstić information content (AvgIpc) is 2.35. The van der Waals surface area contributed by atoms with Gasteiger partial charge in [0.05, 0.1) is 4.90 Å². The average molecular weight is 326 g/mol. The molecule has 0 saturated carbocycles. The van der Waals surface area contributed by atoms with Gasteiger partial charge < -0.3 is 14.8 Å². The lowest BCUT2D eigenvalue weighted by Crippen LogP contribution is -2.42. The molecular weight excluding hydrogens is 312 g/mol. The van der Waals surface area contributed by atoms with Gasteiger partial charge in [-0.2, -0.15) is 0 Å². The molecule has 1 aliphatic rings. The lowest BCUT2D eigenvalue weighted by Gasteiger charge is -2.29. The summed E-state index contributed by atoms with van der Waals surface area (Å²) in [4.78, 5) is 23.3. The van der Waals surface area contributed by atoms with Crippen LogP contribution in [0.4, 0.5) is 5.69 Å². The fourth-order valence-corrected chi connectivity index (χ4v) is 2.26. The van der Waals surface area contributed by atoms with E-state index in [1.807, 2.05) is 0 Å². The van der Waals surface area contributed by atoms with Gasteiger partial charge in [-0.05, 0) is 18.2 Å². The van der Waals surface area contributed by atoms with Crippen LogP contribution in [0, 0.1) is 0 Å². The van der Waals surface area contributed by atoms with Gasteiger partial charge in [-0.15, -0.1) is 0 Å². The van der Waals surface area contributed by atoms with Crippen LogP contribution in [0.1, 0.15) is 13.8 Å². The second-order valence-electron chi connectivity index (χ2n) is 4.95. The van der Waals surface area contributed by atoms with Crippen LogP contribution in [-0.4, -0.2) is 26.1 Å². The van der Waals surface area contributed by atoms with E-state index in [2.05, 4.69) is 5.32 Å². The van der Waals surface area contributed by atoms with Crippen molar-refractivity contribution in [1.82, 2.24) is 0 Å². The summed E-state index contributed by atoms with van der Waals surface area (Å²) in [6.45, 7) is 2.87. The van der Waals surface area contributed by atoms with Gasteiger partial charge in [0, 0.05) is 25.7 Å². The number of cyclic esters (lactones) is 2. The first-order chi connectivity index (χ1) is 10.1. The summed E-state index contributed by atoms with van der Waals surface area (Å²) in [6.07, 6.45) is 1.09. The Bertz CT molecular complexity index is 744. The topological polar surface area (TPSA) is 125 Å². The summed E-state index contributed by atoms with van der Waals surface area (Å²) in [5, 5.41) is 7.65. The number of nitrogens with two attached hydrogens (primary N) is 1. The number of primary sulfonamides is 1. The SMILES string of the molecule is CC1(C)OC(=O)C(=CNc2cccc(S(N)(=O)=O)c2)C(=O)O1. The number of hydrogen-bond donors (Lipinski definition) is 2. The van der Waals surface area contributed by atoms with Crippen molar-refractivity contribution in [2.45, 2.75) is 24.5 Å². The number of esters is 2. The maximum absolute atomic E-state index is 11.7. The van der Waals surface area contributed by atoms with Gasteiger partial charge in [-0.25, -0.2) is 23.1 Å². The van der Waals surface area contributed by atoms with Gasteiger partial charge in [0.1, 0.15) is 0 Å². The Morgan fingerprint density at radius 3 is 2.32 bits per heavy atom. The molecule has 1 heterocycles. The molecule has 0 spiro atoms. The minimum absolute atomic E-state index is 0.106. The van der Waals surface area contributed by atoms with E-state index in [4.69, 9.17) is 14.6 Å². The molecular formula is C13H14N2O6S. The monoisotopic (exact) mass is 326 g/mol. The predicted molar refractivity (Wildman–Crippen MR) is 75.8 cm³/mol. The molecule has 1 aromatic rings. The van der Waals surface area contributed by atoms with Gasteiger partial charge in [0.2, 0.25) is 10.0 Å². The van der Waals surface area contributed by atoms with Crippen LogP contribution in [0.2, 0.25) is 0 Å². The van der Waals surface area contributed by atoms with Crippen LogP contribution in [-0.2, 0) is 29.1 Å². The second-order valence-corrected chi connectivity index (χ2v) is 6.52. The summed E-state index contributed by atoms with van der Waals surface area (Å²) in [5.41, 5.74) is -0.00945. The lowest BCUT2D eigenvalue weighted by molar-refractivity contribution is -0.222. The lowest BCUT2D eigenvalue weighted by atomic mass is 10.2. The minimum Gasteiger partial charge on any atom is -0.419 e. The highest BCUT2D eigenvalue weighted by molar-refractivity contribution is 7.89. The maximum Gasteiger partial charge on any atom is 0.350 e. The van der Waals surface area contributed by atoms with Gasteiger partial charge in [0.15, 0.2) is 5.57 Å². The van der Waals surface area contributed by atoms with E-state index in [1.54, 1.807) is 0 Å². The number of benzene rings is 1. The van der Waals surface area contributed by atoms with E-state index in [-0.39, 0.29) is 10.5 Å². The fraction of sp³-hybridized carbons (Fsp3) is 0.231. The van der Waals surface area contributed by atoms with Crippen LogP contribution < -0.4 is 10.5 Å². The molecule has 2 rings (SSSR count). The fourth-order valence-electron chi connectivity index (χ4n) is 1.70. The molecule has 0 aromatic heterocycles. The smallest absolute Gasteiger partial charge is 0.350 e. The molecule has 1 aliphatic heterocycles. The molecule has 1 saturated heterocycles. The Balaban J connectivity index is 2.22. The molecule has 8 nitrogen and oxygen atoms in total. The van der Waals surface area contributed by atoms with Crippen LogP contribution in [0.3, 0.4) is 0 Å². The maximum atomic E-state index is 11.7. The summed E-state index contributed by atoms with van der Waals surface area (Å²) >= 11 is 0. The van der Waals surface area contributed by atoms with Gasteiger partial charge in [-0.1, -0.05) is 6.07 Å². The number of anilines is 1. The van der Waals surface area contributed by atoms with E-state index in [1.165, 1.54) is 38.1 Å². The van der Waals surface area contributed by atoms with E-state index in [0.29, 0.717) is 5.69 Å². The normalized spacial score (nSPS) is 17.5. The van der Waals surface area contributed by atoms with Crippen LogP contribution in [0.25, 0.3) is 0 Å². The van der Waals surface area contributed by atoms with Crippen molar-refractivity contribution in [2.24, 2.45) is 5.14 Å². The highest BCUT2D eigenvalue weighted by atomic mass is 32.2. The second kappa shape index (κ2) is 5.43. The Morgan fingerprint density at radius 2 is 1.77 bits per heavy atom. The summed E-state index contributed by atoms with van der Waals surface area (Å²) in [5.74, 6) is -2.99. The molecule has 0 aliphatic carbocycles. The molecule has 1 aromatic carbocycles. The van der Waals surface area contributed by atoms with Crippen LogP contribution in [0.15, 0.2) is 40.9 Å². The zero-order valence-corrected chi connectivity index (χ0v) is 12.6. The minimum atomic E-state index is -3.85. The first-order valence-corrected chi connectivity index (χ1v) is 7.69. The third-order valence-corrected chi connectivity index (χ3v) is 3.57. The molecule has 118 valence electrons. The zero-order valence-electron chi connectivity index (χ0n) is 11.8. The molecule has 1 fully saturated rings. The number of carbonyl (C=O) groups excluding carboxylic acids is 2. The van der Waals surface area contributed by atoms with Crippen molar-refractivity contribution in [1.29, 1.82) is 0 Å². The van der Waals surface area contributed by atoms with Gasteiger partial charge in [-0.3, -0.25) is 0 Å². The first kappa shape index (κ1) is 16.0. The summed E-state index contributed by atoms with van der Waals surface area (Å²) in [7, 11) is -3.85. The van der Waals surface area contributed by atoms with E-state index >= 15 is 0 Å². The van der Waals surface area contributed by atoms with Crippen LogP contribution in [0.5, 0.6) is 0 Å². The summed E-state index contributed by atoms with van der Waals surface area (Å²) < 4.78 is 32.3. The van der Waals surface area contributed by atoms with E-state index in [0.717, 1.165) is 6.20 Å². The molecule has 22 heavy (non-hydrogen) atoms. The number of hydrogen-bond acceptors (Lipinski definition) is 7. The highest BCUT2D eigenvalue weighted by Gasteiger charge is 2.38. The van der Waals surface area contributed by atoms with Crippen LogP contribution >= 0.6 is 0 Å². The Labute approximate surface area is 126 Å². The quantitative estimate of drug-likeness (QED) is 0.470. The molecule has 0 unspecified atom stereocenters. The number of carbonyl (C=O) groups is 2. The molecule has 9 heteroatoms. The molecule has 0 radical (unpaired) electrons. The van der Waals surface area contributed by atoms with Gasteiger partial charge >= 0.3 is 11.9 Å². The standard InChI is InChI=1S/C13H14N2O6S/c1-13(2)20-11(16)10(12(17)21-13)7-15-8-4-3-5-9(6-8)22(14,18)19/h3-7,15H,1-2H3,(H2,14,18,19). The van der Waals surface area contributed by atoms with Crippen molar-refractivity contribution in [3.8, 4) is 0 Å². The van der Waals surface area contributed by atoms with Crippen molar-refractivity contribution < 1.29 is 27.5 Å². The largest absolute Gasteiger partial charge is 0.419 e. The third-order valence-electron chi connectivity index (χ3n) is 2.66. The molecule has 3 N–H and O–H groups in total. The van der Waals surface area contributed by atoms with Crippen molar-refractivity contribution >= 4 is 27.6 Å². The first-order valence-electron chi connectivity index (χ1n) is 6.15. The number of sulfonamides is 1. The Morgan fingerprint density at radius 1 is 1.18 bits per heavy atom. The highest BCUT2D eigenvalue weighted by Crippen LogP contribution is 2.23. The van der Waals surface area contributed by atoms with Crippen molar-refractivity contribution in [2.75, 3.05) is 5.32 Å². The number of nitrogens with one attached hydrogen (secondary N) is 1. The van der Waals surface area contributed by atoms with E-state index in [9.17, 15) is 18.0 Å². The zero-order chi connectivity index (χ0) is 16.5.